The van der Waals surface area contributed by atoms with Crippen molar-refractivity contribution in [2.45, 2.75) is 95.9 Å². The molecule has 2 heterocycles. The Morgan fingerprint density at radius 2 is 1.28 bits per heavy atom. The maximum Gasteiger partial charge on any atom is 0.560 e. The molecule has 1 fully saturated rings. The van der Waals surface area contributed by atoms with E-state index in [-0.39, 0.29) is 11.1 Å². The fraction of sp³-hybridized carbons (Fsp3) is 0.475. The van der Waals surface area contributed by atoms with Crippen LogP contribution in [-0.4, -0.2) is 49.5 Å². The van der Waals surface area contributed by atoms with Crippen LogP contribution in [0.2, 0.25) is 0 Å². The number of benzene rings is 2. The van der Waals surface area contributed by atoms with E-state index in [4.69, 9.17) is 0 Å². The first-order valence-corrected chi connectivity index (χ1v) is 20.5. The van der Waals surface area contributed by atoms with E-state index in [1.165, 1.54) is 5.56 Å². The van der Waals surface area contributed by atoms with Gasteiger partial charge in [0.1, 0.15) is 0 Å². The van der Waals surface area contributed by atoms with Gasteiger partial charge in [-0.1, -0.05) is 96.0 Å². The summed E-state index contributed by atoms with van der Waals surface area (Å²) in [5.41, 5.74) is 1.26. The molecule has 8 nitrogen and oxygen atoms in total. The Balaban J connectivity index is 1.58. The topological polar surface area (TPSA) is 85.2 Å². The van der Waals surface area contributed by atoms with Crippen molar-refractivity contribution in [1.29, 1.82) is 0 Å². The molecule has 0 saturated heterocycles. The van der Waals surface area contributed by atoms with Gasteiger partial charge in [0.25, 0.3) is 0 Å². The maximum atomic E-state index is 14.1. The number of fused-ring (bicyclic) bond motifs is 2. The van der Waals surface area contributed by atoms with Gasteiger partial charge in [-0.15, -0.1) is 3.98 Å². The lowest BCUT2D eigenvalue weighted by Crippen LogP contribution is -2.35. The molecule has 0 atom stereocenters. The fourth-order valence-electron chi connectivity index (χ4n) is 7.84. The zero-order valence-corrected chi connectivity index (χ0v) is 33.0. The van der Waals surface area contributed by atoms with Gasteiger partial charge in [-0.2, -0.15) is 25.9 Å². The molecule has 2 aromatic carbocycles. The van der Waals surface area contributed by atoms with Crippen LogP contribution in [0, 0.1) is 0 Å². The second-order valence-corrected chi connectivity index (χ2v) is 17.5. The van der Waals surface area contributed by atoms with Crippen molar-refractivity contribution in [3.63, 3.8) is 0 Å². The SMILES string of the molecule is CCCCCN1/C(=C/C=C2CCC(=CC=C3N(CCCCSOO[O-])c4ccccc4C3(C)C)C2=[N+](C)S(=O)(=O)C(F)(F)F)C(C)(C)c2ccccc21. The Kier molecular flexibility index (Phi) is 12.8. The molecule has 0 N–H and O–H groups in total. The summed E-state index contributed by atoms with van der Waals surface area (Å²) in [6.07, 6.45) is 12.9. The summed E-state index contributed by atoms with van der Waals surface area (Å²) in [6.45, 7) is 12.1. The van der Waals surface area contributed by atoms with Crippen molar-refractivity contribution >= 4 is 39.2 Å². The van der Waals surface area contributed by atoms with Crippen LogP contribution in [0.4, 0.5) is 24.5 Å². The summed E-state index contributed by atoms with van der Waals surface area (Å²) in [4.78, 5) is 4.51. The summed E-state index contributed by atoms with van der Waals surface area (Å²) < 4.78 is 73.0. The minimum absolute atomic E-state index is 0.0550. The summed E-state index contributed by atoms with van der Waals surface area (Å²) in [5.74, 6) is 0.563. The van der Waals surface area contributed by atoms with E-state index in [9.17, 15) is 26.8 Å². The first kappa shape index (κ1) is 40.8. The minimum atomic E-state index is -5.68. The van der Waals surface area contributed by atoms with E-state index in [2.05, 4.69) is 72.0 Å². The van der Waals surface area contributed by atoms with Gasteiger partial charge >= 0.3 is 15.5 Å². The van der Waals surface area contributed by atoms with E-state index in [1.54, 1.807) is 6.08 Å². The lowest BCUT2D eigenvalue weighted by atomic mass is 9.83. The van der Waals surface area contributed by atoms with Gasteiger partial charge < -0.3 is 15.1 Å². The Morgan fingerprint density at radius 1 is 0.811 bits per heavy atom. The van der Waals surface area contributed by atoms with Crippen LogP contribution in [0.15, 0.2) is 95.4 Å². The number of sulfonamides is 1. The zero-order chi connectivity index (χ0) is 38.6. The van der Waals surface area contributed by atoms with Gasteiger partial charge in [-0.25, -0.2) is 0 Å². The molecule has 13 heteroatoms. The molecule has 0 bridgehead atoms. The second kappa shape index (κ2) is 16.6. The molecule has 3 aliphatic rings. The average Bonchev–Trinajstić information content (AvgIpc) is 3.68. The van der Waals surface area contributed by atoms with E-state index in [0.29, 0.717) is 40.3 Å². The molecule has 1 saturated carbocycles. The molecule has 53 heavy (non-hydrogen) atoms. The third kappa shape index (κ3) is 8.19. The minimum Gasteiger partial charge on any atom is -0.691 e. The average molecular weight is 774 g/mol. The Morgan fingerprint density at radius 3 is 1.74 bits per heavy atom. The monoisotopic (exact) mass is 773 g/mol. The van der Waals surface area contributed by atoms with Crippen LogP contribution >= 0.6 is 12.0 Å². The molecule has 2 aliphatic heterocycles. The number of anilines is 2. The summed E-state index contributed by atoms with van der Waals surface area (Å²) in [7, 11) is -4.68. The third-order valence-electron chi connectivity index (χ3n) is 10.6. The number of hydrogen-bond donors (Lipinski definition) is 0. The van der Waals surface area contributed by atoms with Crippen LogP contribution in [0.3, 0.4) is 0 Å². The van der Waals surface area contributed by atoms with Crippen molar-refractivity contribution in [2.75, 3.05) is 35.7 Å². The van der Waals surface area contributed by atoms with E-state index in [0.717, 1.165) is 86.1 Å². The number of halogens is 3. The highest BCUT2D eigenvalue weighted by molar-refractivity contribution is 7.94. The quantitative estimate of drug-likeness (QED) is 0.0620. The number of nitrogens with zero attached hydrogens (tertiary/aromatic N) is 3. The first-order chi connectivity index (χ1) is 25.1. The Hall–Kier alpha value is -3.36. The van der Waals surface area contributed by atoms with Crippen LogP contribution in [0.5, 0.6) is 0 Å². The number of hydrogen-bond acceptors (Lipinski definition) is 8. The van der Waals surface area contributed by atoms with E-state index in [1.807, 2.05) is 48.6 Å². The fourth-order valence-corrected chi connectivity index (χ4v) is 9.06. The van der Waals surface area contributed by atoms with Crippen LogP contribution in [0.1, 0.15) is 90.7 Å². The molecular weight excluding hydrogens is 724 g/mol. The van der Waals surface area contributed by atoms with Gasteiger partial charge in [0.2, 0.25) is 5.71 Å². The van der Waals surface area contributed by atoms with Crippen molar-refractivity contribution in [3.05, 3.63) is 107 Å². The molecule has 0 spiro atoms. The highest BCUT2D eigenvalue weighted by atomic mass is 32.2. The lowest BCUT2D eigenvalue weighted by molar-refractivity contribution is -0.777. The third-order valence-corrected chi connectivity index (χ3v) is 12.7. The molecule has 0 aromatic heterocycles. The van der Waals surface area contributed by atoms with Crippen molar-refractivity contribution in [2.24, 2.45) is 0 Å². The summed E-state index contributed by atoms with van der Waals surface area (Å²) in [6, 6.07) is 16.3. The molecule has 2 aromatic rings. The largest absolute Gasteiger partial charge is 0.691 e. The molecule has 0 amide bonds. The molecule has 0 unspecified atom stereocenters. The van der Waals surface area contributed by atoms with Crippen LogP contribution in [0.25, 0.3) is 0 Å². The molecular formula is C40H50F3N3O5S2. The number of allylic oxidation sites excluding steroid dienone is 8. The number of alkyl halides is 3. The molecule has 5 rings (SSSR count). The maximum absolute atomic E-state index is 14.1. The Labute approximate surface area is 316 Å². The first-order valence-electron chi connectivity index (χ1n) is 18.2. The van der Waals surface area contributed by atoms with Gasteiger partial charge in [0.05, 0.1) is 0 Å². The molecule has 0 radical (unpaired) electrons. The van der Waals surface area contributed by atoms with Crippen molar-refractivity contribution in [1.82, 2.24) is 0 Å². The standard InChI is InChI=1S/C40H50F3N3O5S2/c1-7-8-13-26-45-33-18-11-9-16-31(33)38(2,3)35(45)24-22-29-20-21-30(37(29)44(6)53(48,49)40(41,42)43)23-25-36-39(4,5)32-17-10-12-19-34(32)46(36)27-14-15-28-52-51-50-47/h9-12,16-19,22-25H,7-8,13-15,20-21,26-28H2,1-6H3. The lowest BCUT2D eigenvalue weighted by Gasteiger charge is -2.27. The smallest absolute Gasteiger partial charge is 0.560 e. The van der Waals surface area contributed by atoms with E-state index >= 15 is 0 Å². The molecule has 288 valence electrons. The summed E-state index contributed by atoms with van der Waals surface area (Å²) in [5, 5.41) is 13.6. The zero-order valence-electron chi connectivity index (χ0n) is 31.3. The predicted molar refractivity (Wildman–Crippen MR) is 205 cm³/mol. The number of para-hydroxylation sites is 2. The van der Waals surface area contributed by atoms with Gasteiger partial charge in [0, 0.05) is 75.6 Å². The predicted octanol–water partition coefficient (Wildman–Crippen LogP) is 8.77. The van der Waals surface area contributed by atoms with Crippen LogP contribution in [-0.2, 0) is 30.2 Å². The van der Waals surface area contributed by atoms with Gasteiger partial charge in [-0.05, 0) is 67.5 Å². The van der Waals surface area contributed by atoms with Crippen LogP contribution < -0.4 is 15.1 Å². The Bertz CT molecular complexity index is 1930. The molecule has 1 aliphatic carbocycles. The number of unbranched alkanes of at least 4 members (excludes halogenated alkanes) is 3. The highest BCUT2D eigenvalue weighted by Crippen LogP contribution is 2.49. The van der Waals surface area contributed by atoms with Gasteiger partial charge in [-0.3, -0.25) is 5.04 Å². The normalized spacial score (nSPS) is 22.1. The van der Waals surface area contributed by atoms with E-state index < -0.39 is 20.9 Å². The highest BCUT2D eigenvalue weighted by Gasteiger charge is 2.55. The van der Waals surface area contributed by atoms with Crippen molar-refractivity contribution < 1.29 is 40.2 Å². The van der Waals surface area contributed by atoms with Gasteiger partial charge in [0.15, 0.2) is 7.05 Å². The summed E-state index contributed by atoms with van der Waals surface area (Å²) >= 11 is 0.943. The number of rotatable bonds is 14. The van der Waals surface area contributed by atoms with Crippen molar-refractivity contribution in [3.8, 4) is 0 Å². The second-order valence-electron chi connectivity index (χ2n) is 14.7.